The van der Waals surface area contributed by atoms with Gasteiger partial charge in [-0.1, -0.05) is 13.8 Å². The molecule has 0 saturated carbocycles. The van der Waals surface area contributed by atoms with E-state index in [1.54, 1.807) is 0 Å². The third kappa shape index (κ3) is 11.8. The van der Waals surface area contributed by atoms with Crippen LogP contribution in [0, 0.1) is 12.3 Å². The molecule has 2 nitrogen and oxygen atoms in total. The second kappa shape index (κ2) is 9.91. The first kappa shape index (κ1) is 15.3. The van der Waals surface area contributed by atoms with Crippen LogP contribution in [0.5, 0.6) is 0 Å². The van der Waals surface area contributed by atoms with Gasteiger partial charge < -0.3 is 9.04 Å². The standard InChI is InChI=1S/C8H15NOS.C2H6/c1-4-6-9(2,3)7-5-8-11-10;1-2/h1H,5-8H2,2-3H3;1-2H3/p+1. The Morgan fingerprint density at radius 3 is 2.31 bits per heavy atom. The van der Waals surface area contributed by atoms with Gasteiger partial charge in [0.25, 0.3) is 0 Å². The van der Waals surface area contributed by atoms with E-state index in [9.17, 15) is 0 Å². The lowest BCUT2D eigenvalue weighted by Crippen LogP contribution is -2.40. The second-order valence-corrected chi connectivity index (χ2v) is 3.87. The summed E-state index contributed by atoms with van der Waals surface area (Å²) >= 11 is 0.899. The van der Waals surface area contributed by atoms with Crippen molar-refractivity contribution in [3.63, 3.8) is 0 Å². The maximum Gasteiger partial charge on any atom is 0.140 e. The number of hydrogen-bond acceptors (Lipinski definition) is 2. The van der Waals surface area contributed by atoms with Gasteiger partial charge in [0.05, 0.1) is 20.6 Å². The van der Waals surface area contributed by atoms with Crippen LogP contribution in [0.4, 0.5) is 0 Å². The maximum atomic E-state index is 8.46. The quantitative estimate of drug-likeness (QED) is 0.321. The number of rotatable bonds is 5. The summed E-state index contributed by atoms with van der Waals surface area (Å²) in [6.45, 7) is 5.79. The van der Waals surface area contributed by atoms with Crippen LogP contribution in [0.2, 0.25) is 0 Å². The molecule has 0 atom stereocenters. The summed E-state index contributed by atoms with van der Waals surface area (Å²) in [6, 6.07) is 0. The van der Waals surface area contributed by atoms with Gasteiger partial charge in [-0.05, 0) is 18.0 Å². The van der Waals surface area contributed by atoms with Crippen molar-refractivity contribution in [2.45, 2.75) is 20.3 Å². The summed E-state index contributed by atoms with van der Waals surface area (Å²) in [6.07, 6.45) is 6.21. The van der Waals surface area contributed by atoms with Crippen LogP contribution in [0.3, 0.4) is 0 Å². The summed E-state index contributed by atoms with van der Waals surface area (Å²) in [4.78, 5) is 0. The molecular weight excluding hydrogens is 182 g/mol. The van der Waals surface area contributed by atoms with E-state index in [2.05, 4.69) is 20.0 Å². The first-order valence-corrected chi connectivity index (χ1v) is 5.58. The minimum absolute atomic E-state index is 0.760. The summed E-state index contributed by atoms with van der Waals surface area (Å²) < 4.78 is 9.31. The molecule has 0 radical (unpaired) electrons. The van der Waals surface area contributed by atoms with E-state index in [4.69, 9.17) is 11.0 Å². The molecular formula is C10H22NOS+. The van der Waals surface area contributed by atoms with E-state index in [0.29, 0.717) is 0 Å². The van der Waals surface area contributed by atoms with Crippen molar-refractivity contribution in [1.82, 2.24) is 0 Å². The van der Waals surface area contributed by atoms with Crippen LogP contribution in [-0.2, 0) is 0 Å². The lowest BCUT2D eigenvalue weighted by molar-refractivity contribution is -0.883. The minimum atomic E-state index is 0.760. The number of nitrogens with zero attached hydrogens (tertiary/aromatic N) is 1. The monoisotopic (exact) mass is 204 g/mol. The predicted octanol–water partition coefficient (Wildman–Crippen LogP) is 2.32. The second-order valence-electron chi connectivity index (χ2n) is 3.21. The average Bonchev–Trinajstić information content (AvgIpc) is 2.08. The lowest BCUT2D eigenvalue weighted by atomic mass is 10.4. The van der Waals surface area contributed by atoms with Gasteiger partial charge in [0.1, 0.15) is 6.54 Å². The normalized spacial score (nSPS) is 9.85. The predicted molar refractivity (Wildman–Crippen MR) is 61.7 cm³/mol. The molecule has 0 amide bonds. The van der Waals surface area contributed by atoms with Gasteiger partial charge in [-0.15, -0.1) is 6.42 Å². The van der Waals surface area contributed by atoms with Crippen LogP contribution < -0.4 is 0 Å². The van der Waals surface area contributed by atoms with Crippen LogP contribution in [0.15, 0.2) is 0 Å². The molecule has 0 aliphatic rings. The van der Waals surface area contributed by atoms with Crippen LogP contribution in [0.25, 0.3) is 0 Å². The molecule has 13 heavy (non-hydrogen) atoms. The molecule has 1 N–H and O–H groups in total. The Morgan fingerprint density at radius 2 is 1.92 bits per heavy atom. The Morgan fingerprint density at radius 1 is 1.38 bits per heavy atom. The molecule has 0 aromatic heterocycles. The van der Waals surface area contributed by atoms with Crippen LogP contribution in [-0.4, -0.2) is 42.0 Å². The summed E-state index contributed by atoms with van der Waals surface area (Å²) in [5.41, 5.74) is 0. The van der Waals surface area contributed by atoms with Crippen LogP contribution in [0.1, 0.15) is 20.3 Å². The molecule has 78 valence electrons. The van der Waals surface area contributed by atoms with Gasteiger partial charge in [-0.2, -0.15) is 0 Å². The third-order valence-corrected chi connectivity index (χ3v) is 1.99. The van der Waals surface area contributed by atoms with Crippen molar-refractivity contribution < 1.29 is 9.04 Å². The van der Waals surface area contributed by atoms with Crippen molar-refractivity contribution in [3.8, 4) is 12.3 Å². The van der Waals surface area contributed by atoms with E-state index < -0.39 is 0 Å². The van der Waals surface area contributed by atoms with Crippen molar-refractivity contribution in [1.29, 1.82) is 0 Å². The van der Waals surface area contributed by atoms with Crippen molar-refractivity contribution in [2.24, 2.45) is 0 Å². The van der Waals surface area contributed by atoms with Gasteiger partial charge in [0.2, 0.25) is 0 Å². The zero-order chi connectivity index (χ0) is 10.7. The summed E-state index contributed by atoms with van der Waals surface area (Å²) in [5, 5.41) is 0. The van der Waals surface area contributed by atoms with Gasteiger partial charge in [-0.25, -0.2) is 0 Å². The highest BCUT2D eigenvalue weighted by Crippen LogP contribution is 2.01. The third-order valence-electron chi connectivity index (χ3n) is 1.52. The Labute approximate surface area is 87.1 Å². The highest BCUT2D eigenvalue weighted by atomic mass is 32.2. The fourth-order valence-electron chi connectivity index (χ4n) is 0.883. The SMILES string of the molecule is C#CC[N+](C)(C)CCCSO.CC. The maximum absolute atomic E-state index is 8.46. The van der Waals surface area contributed by atoms with Crippen molar-refractivity contribution in [3.05, 3.63) is 0 Å². The Balaban J connectivity index is 0. The molecule has 0 unspecified atom stereocenters. The smallest absolute Gasteiger partial charge is 0.140 e. The molecule has 0 spiro atoms. The molecule has 0 aromatic rings. The molecule has 0 aliphatic carbocycles. The van der Waals surface area contributed by atoms with E-state index in [1.807, 2.05) is 13.8 Å². The summed E-state index contributed by atoms with van der Waals surface area (Å²) in [7, 11) is 4.20. The molecule has 0 aromatic carbocycles. The molecule has 0 rings (SSSR count). The molecule has 3 heteroatoms. The van der Waals surface area contributed by atoms with Gasteiger partial charge in [0.15, 0.2) is 0 Å². The summed E-state index contributed by atoms with van der Waals surface area (Å²) in [5.74, 6) is 3.44. The Hall–Kier alpha value is -0.170. The number of quaternary nitrogens is 1. The number of hydrogen-bond donors (Lipinski definition) is 1. The molecule has 0 saturated heterocycles. The first-order chi connectivity index (χ1) is 6.12. The molecule has 0 heterocycles. The topological polar surface area (TPSA) is 20.2 Å². The zero-order valence-corrected chi connectivity index (χ0v) is 10.0. The van der Waals surface area contributed by atoms with Gasteiger partial charge >= 0.3 is 0 Å². The fraction of sp³-hybridized carbons (Fsp3) is 0.800. The highest BCUT2D eigenvalue weighted by Gasteiger charge is 2.11. The van der Waals surface area contributed by atoms with Gasteiger partial charge in [-0.3, -0.25) is 0 Å². The molecule has 0 aliphatic heterocycles. The largest absolute Gasteiger partial charge is 0.330 e. The molecule has 0 bridgehead atoms. The Bertz CT molecular complexity index is 140. The Kier molecular flexibility index (Phi) is 11.7. The lowest BCUT2D eigenvalue weighted by Gasteiger charge is -2.26. The van der Waals surface area contributed by atoms with E-state index in [0.717, 1.165) is 41.8 Å². The van der Waals surface area contributed by atoms with E-state index >= 15 is 0 Å². The van der Waals surface area contributed by atoms with E-state index in [-0.39, 0.29) is 0 Å². The van der Waals surface area contributed by atoms with Gasteiger partial charge in [0, 0.05) is 12.2 Å². The highest BCUT2D eigenvalue weighted by molar-refractivity contribution is 7.93. The fourth-order valence-corrected chi connectivity index (χ4v) is 1.14. The van der Waals surface area contributed by atoms with Crippen molar-refractivity contribution >= 4 is 12.0 Å². The molecule has 0 fully saturated rings. The van der Waals surface area contributed by atoms with E-state index in [1.165, 1.54) is 0 Å². The zero-order valence-electron chi connectivity index (χ0n) is 9.21. The first-order valence-electron chi connectivity index (χ1n) is 4.64. The average molecular weight is 204 g/mol. The number of terminal acetylenes is 1. The van der Waals surface area contributed by atoms with Crippen molar-refractivity contribution in [2.75, 3.05) is 32.9 Å². The van der Waals surface area contributed by atoms with Crippen LogP contribution >= 0.6 is 12.0 Å². The minimum Gasteiger partial charge on any atom is -0.330 e.